The standard InChI is InChI=1S/C25H17N5O4/c31-24(32)19-7-3-4-16-13-20(25(33)34)21(26-22(16)19)12-14-8-10-15(11-9-14)17-5-1-2-6-18(17)23-27-29-30-28-23/h1-11,13H,12H2,(H,31,32)(H,33,34)(H,27,28,29,30). The third-order valence-electron chi connectivity index (χ3n) is 5.54. The van der Waals surface area contributed by atoms with Crippen LogP contribution in [-0.4, -0.2) is 47.8 Å². The number of aromatic amines is 1. The van der Waals surface area contributed by atoms with Crippen molar-refractivity contribution in [2.45, 2.75) is 6.42 Å². The molecule has 0 aliphatic carbocycles. The normalized spacial score (nSPS) is 10.9. The second-order valence-electron chi connectivity index (χ2n) is 7.62. The molecular weight excluding hydrogens is 434 g/mol. The molecule has 0 atom stereocenters. The second kappa shape index (κ2) is 8.55. The van der Waals surface area contributed by atoms with Crippen molar-refractivity contribution in [1.29, 1.82) is 0 Å². The summed E-state index contributed by atoms with van der Waals surface area (Å²) >= 11 is 0. The lowest BCUT2D eigenvalue weighted by Crippen LogP contribution is -2.08. The summed E-state index contributed by atoms with van der Waals surface area (Å²) < 4.78 is 0. The van der Waals surface area contributed by atoms with Gasteiger partial charge in [-0.25, -0.2) is 9.59 Å². The second-order valence-corrected chi connectivity index (χ2v) is 7.62. The van der Waals surface area contributed by atoms with Crippen molar-refractivity contribution < 1.29 is 19.8 Å². The number of hydrogen-bond donors (Lipinski definition) is 3. The molecule has 0 bridgehead atoms. The number of fused-ring (bicyclic) bond motifs is 1. The van der Waals surface area contributed by atoms with Crippen LogP contribution in [0, 0.1) is 0 Å². The number of H-pyrrole nitrogens is 1. The molecule has 0 unspecified atom stereocenters. The molecule has 3 aromatic carbocycles. The zero-order chi connectivity index (χ0) is 23.7. The van der Waals surface area contributed by atoms with Crippen molar-refractivity contribution in [3.05, 3.63) is 95.2 Å². The fourth-order valence-corrected chi connectivity index (χ4v) is 3.93. The van der Waals surface area contributed by atoms with E-state index in [2.05, 4.69) is 25.6 Å². The Labute approximate surface area is 192 Å². The van der Waals surface area contributed by atoms with Crippen molar-refractivity contribution >= 4 is 22.8 Å². The Morgan fingerprint density at radius 3 is 2.24 bits per heavy atom. The molecule has 0 saturated heterocycles. The molecule has 0 saturated carbocycles. The summed E-state index contributed by atoms with van der Waals surface area (Å²) in [6.45, 7) is 0. The maximum Gasteiger partial charge on any atom is 0.337 e. The van der Waals surface area contributed by atoms with Crippen molar-refractivity contribution in [1.82, 2.24) is 25.6 Å². The van der Waals surface area contributed by atoms with Gasteiger partial charge in [-0.05, 0) is 34.0 Å². The Kier molecular flexibility index (Phi) is 5.27. The van der Waals surface area contributed by atoms with Crippen LogP contribution in [0.5, 0.6) is 0 Å². The number of tetrazole rings is 1. The Morgan fingerprint density at radius 1 is 0.824 bits per heavy atom. The summed E-state index contributed by atoms with van der Waals surface area (Å²) in [6.07, 6.45) is 0.234. The maximum atomic E-state index is 11.9. The third-order valence-corrected chi connectivity index (χ3v) is 5.54. The molecule has 0 amide bonds. The van der Waals surface area contributed by atoms with Gasteiger partial charge in [0.2, 0.25) is 5.82 Å². The van der Waals surface area contributed by atoms with E-state index in [0.717, 1.165) is 22.3 Å². The van der Waals surface area contributed by atoms with Gasteiger partial charge in [-0.3, -0.25) is 4.98 Å². The van der Waals surface area contributed by atoms with Crippen LogP contribution in [0.2, 0.25) is 0 Å². The van der Waals surface area contributed by atoms with Crippen LogP contribution in [0.3, 0.4) is 0 Å². The number of nitrogens with zero attached hydrogens (tertiary/aromatic N) is 4. The van der Waals surface area contributed by atoms with E-state index in [9.17, 15) is 19.8 Å². The molecule has 166 valence electrons. The topological polar surface area (TPSA) is 142 Å². The number of nitrogens with one attached hydrogen (secondary N) is 1. The molecule has 5 aromatic rings. The third kappa shape index (κ3) is 3.86. The first-order valence-electron chi connectivity index (χ1n) is 10.3. The van der Waals surface area contributed by atoms with Crippen LogP contribution in [0.4, 0.5) is 0 Å². The fourth-order valence-electron chi connectivity index (χ4n) is 3.93. The lowest BCUT2D eigenvalue weighted by Gasteiger charge is -2.11. The van der Waals surface area contributed by atoms with Gasteiger partial charge in [-0.1, -0.05) is 60.7 Å². The van der Waals surface area contributed by atoms with Crippen LogP contribution in [0.25, 0.3) is 33.4 Å². The molecule has 0 radical (unpaired) electrons. The number of carboxylic acid groups (broad SMARTS) is 2. The molecule has 0 aliphatic rings. The summed E-state index contributed by atoms with van der Waals surface area (Å²) in [5.41, 5.74) is 4.16. The van der Waals surface area contributed by atoms with Crippen molar-refractivity contribution in [3.8, 4) is 22.5 Å². The molecule has 2 aromatic heterocycles. The number of carbonyl (C=O) groups is 2. The number of carboxylic acids is 2. The van der Waals surface area contributed by atoms with E-state index in [1.165, 1.54) is 12.1 Å². The monoisotopic (exact) mass is 451 g/mol. The summed E-state index contributed by atoms with van der Waals surface area (Å²) in [5.74, 6) is -1.74. The predicted octanol–water partition coefficient (Wildman–Crippen LogP) is 4.07. The smallest absolute Gasteiger partial charge is 0.337 e. The van der Waals surface area contributed by atoms with E-state index in [1.54, 1.807) is 12.1 Å². The molecule has 2 heterocycles. The summed E-state index contributed by atoms with van der Waals surface area (Å²) in [6, 6.07) is 21.5. The van der Waals surface area contributed by atoms with E-state index >= 15 is 0 Å². The number of rotatable bonds is 6. The molecule has 5 rings (SSSR count). The summed E-state index contributed by atoms with van der Waals surface area (Å²) in [5, 5.41) is 33.9. The van der Waals surface area contributed by atoms with Crippen LogP contribution >= 0.6 is 0 Å². The van der Waals surface area contributed by atoms with Crippen LogP contribution in [-0.2, 0) is 6.42 Å². The minimum Gasteiger partial charge on any atom is -0.478 e. The molecule has 0 fully saturated rings. The lowest BCUT2D eigenvalue weighted by atomic mass is 9.96. The van der Waals surface area contributed by atoms with Gasteiger partial charge in [0.25, 0.3) is 0 Å². The van der Waals surface area contributed by atoms with Crippen LogP contribution in [0.15, 0.2) is 72.8 Å². The SMILES string of the molecule is O=C(O)c1cc2cccc(C(=O)O)c2nc1Cc1ccc(-c2ccccc2-c2nn[nH]n2)cc1. The first kappa shape index (κ1) is 21.0. The predicted molar refractivity (Wildman–Crippen MR) is 124 cm³/mol. The van der Waals surface area contributed by atoms with Gasteiger partial charge in [0.05, 0.1) is 22.3 Å². The molecular formula is C25H17N5O4. The van der Waals surface area contributed by atoms with E-state index in [1.807, 2.05) is 48.5 Å². The number of aromatic carboxylic acids is 2. The molecule has 0 aliphatic heterocycles. The lowest BCUT2D eigenvalue weighted by molar-refractivity contribution is 0.0687. The minimum atomic E-state index is -1.12. The summed E-state index contributed by atoms with van der Waals surface area (Å²) in [7, 11) is 0. The zero-order valence-electron chi connectivity index (χ0n) is 17.6. The van der Waals surface area contributed by atoms with E-state index in [-0.39, 0.29) is 23.1 Å². The van der Waals surface area contributed by atoms with Gasteiger partial charge >= 0.3 is 11.9 Å². The quantitative estimate of drug-likeness (QED) is 0.351. The van der Waals surface area contributed by atoms with Gasteiger partial charge in [0, 0.05) is 17.4 Å². The Hall–Kier alpha value is -4.92. The first-order chi connectivity index (χ1) is 16.5. The number of hydrogen-bond acceptors (Lipinski definition) is 6. The number of aromatic nitrogens is 5. The number of para-hydroxylation sites is 1. The molecule has 9 heteroatoms. The Morgan fingerprint density at radius 2 is 1.56 bits per heavy atom. The number of pyridine rings is 1. The molecule has 34 heavy (non-hydrogen) atoms. The average Bonchev–Trinajstić information content (AvgIpc) is 3.38. The molecule has 9 nitrogen and oxygen atoms in total. The van der Waals surface area contributed by atoms with Gasteiger partial charge < -0.3 is 10.2 Å². The maximum absolute atomic E-state index is 11.9. The van der Waals surface area contributed by atoms with Crippen molar-refractivity contribution in [2.24, 2.45) is 0 Å². The van der Waals surface area contributed by atoms with E-state index in [0.29, 0.717) is 16.9 Å². The summed E-state index contributed by atoms with van der Waals surface area (Å²) in [4.78, 5) is 28.0. The zero-order valence-corrected chi connectivity index (χ0v) is 17.6. The Bertz CT molecular complexity index is 1530. The van der Waals surface area contributed by atoms with Crippen molar-refractivity contribution in [2.75, 3.05) is 0 Å². The minimum absolute atomic E-state index is 0.0316. The highest BCUT2D eigenvalue weighted by molar-refractivity contribution is 6.03. The van der Waals surface area contributed by atoms with E-state index < -0.39 is 11.9 Å². The molecule has 3 N–H and O–H groups in total. The van der Waals surface area contributed by atoms with Crippen LogP contribution in [0.1, 0.15) is 32.0 Å². The van der Waals surface area contributed by atoms with E-state index in [4.69, 9.17) is 0 Å². The molecule has 0 spiro atoms. The largest absolute Gasteiger partial charge is 0.478 e. The first-order valence-corrected chi connectivity index (χ1v) is 10.3. The highest BCUT2D eigenvalue weighted by Crippen LogP contribution is 2.30. The van der Waals surface area contributed by atoms with Gasteiger partial charge in [0.1, 0.15) is 0 Å². The highest BCUT2D eigenvalue weighted by Gasteiger charge is 2.18. The number of benzene rings is 3. The highest BCUT2D eigenvalue weighted by atomic mass is 16.4. The Balaban J connectivity index is 1.52. The van der Waals surface area contributed by atoms with Gasteiger partial charge in [0.15, 0.2) is 0 Å². The van der Waals surface area contributed by atoms with Gasteiger partial charge in [-0.15, -0.1) is 10.2 Å². The van der Waals surface area contributed by atoms with Crippen LogP contribution < -0.4 is 0 Å². The fraction of sp³-hybridized carbons (Fsp3) is 0.0400. The average molecular weight is 451 g/mol. The van der Waals surface area contributed by atoms with Crippen molar-refractivity contribution in [3.63, 3.8) is 0 Å². The van der Waals surface area contributed by atoms with Gasteiger partial charge in [-0.2, -0.15) is 5.21 Å².